The summed E-state index contributed by atoms with van der Waals surface area (Å²) in [5.41, 5.74) is 9.01. The van der Waals surface area contributed by atoms with E-state index in [0.29, 0.717) is 30.7 Å². The zero-order valence-electron chi connectivity index (χ0n) is 13.9. The molecule has 2 aromatic carbocycles. The summed E-state index contributed by atoms with van der Waals surface area (Å²) in [5, 5.41) is 0.662. The van der Waals surface area contributed by atoms with Gasteiger partial charge in [-0.25, -0.2) is 0 Å². The minimum Gasteiger partial charge on any atom is -0.490 e. The number of ether oxygens (including phenoxy) is 2. The fourth-order valence-electron chi connectivity index (χ4n) is 2.40. The van der Waals surface area contributed by atoms with E-state index in [0.717, 1.165) is 17.1 Å². The first-order chi connectivity index (χ1) is 11.0. The molecule has 0 amide bonds. The van der Waals surface area contributed by atoms with Gasteiger partial charge in [0.05, 0.1) is 0 Å². The number of rotatable bonds is 7. The third kappa shape index (κ3) is 4.88. The Balaban J connectivity index is 1.95. The minimum absolute atomic E-state index is 0.395. The number of aryl methyl sites for hydroxylation is 1. The molecule has 0 aromatic heterocycles. The van der Waals surface area contributed by atoms with E-state index in [-0.39, 0.29) is 0 Å². The molecule has 23 heavy (non-hydrogen) atoms. The predicted molar refractivity (Wildman–Crippen MR) is 95.6 cm³/mol. The number of halogens is 1. The van der Waals surface area contributed by atoms with Crippen LogP contribution in [0.3, 0.4) is 0 Å². The maximum absolute atomic E-state index is 5.96. The number of benzene rings is 2. The van der Waals surface area contributed by atoms with Crippen LogP contribution in [0.2, 0.25) is 5.02 Å². The van der Waals surface area contributed by atoms with E-state index in [1.54, 1.807) is 6.07 Å². The van der Waals surface area contributed by atoms with Crippen molar-refractivity contribution in [1.82, 2.24) is 0 Å². The summed E-state index contributed by atoms with van der Waals surface area (Å²) in [6.07, 6.45) is 0. The molecule has 0 unspecified atom stereocenters. The molecule has 0 aliphatic carbocycles. The molecule has 2 rings (SSSR count). The summed E-state index contributed by atoms with van der Waals surface area (Å²) >= 11 is 5.96. The third-order valence-electron chi connectivity index (χ3n) is 3.63. The van der Waals surface area contributed by atoms with E-state index in [4.69, 9.17) is 26.8 Å². The van der Waals surface area contributed by atoms with E-state index < -0.39 is 0 Å². The second-order valence-electron chi connectivity index (χ2n) is 5.85. The number of hydrogen-bond acceptors (Lipinski definition) is 3. The van der Waals surface area contributed by atoms with Gasteiger partial charge in [-0.1, -0.05) is 37.6 Å². The first kappa shape index (κ1) is 17.6. The lowest BCUT2D eigenvalue weighted by Crippen LogP contribution is -2.12. The maximum atomic E-state index is 5.96. The Morgan fingerprint density at radius 1 is 1.00 bits per heavy atom. The topological polar surface area (TPSA) is 44.5 Å². The highest BCUT2D eigenvalue weighted by atomic mass is 35.5. The van der Waals surface area contributed by atoms with Gasteiger partial charge in [0.1, 0.15) is 24.7 Å². The van der Waals surface area contributed by atoms with Crippen LogP contribution in [-0.2, 0) is 6.54 Å². The normalized spacial score (nSPS) is 10.9. The van der Waals surface area contributed by atoms with Crippen LogP contribution in [0.4, 0.5) is 0 Å². The SMILES string of the molecule is Cc1ccc(C(C)C)c(OCCOc2ccc(Cl)cc2CN)c1. The third-order valence-corrected chi connectivity index (χ3v) is 3.87. The van der Waals surface area contributed by atoms with E-state index in [2.05, 4.69) is 39.0 Å². The van der Waals surface area contributed by atoms with Gasteiger partial charge in [-0.2, -0.15) is 0 Å². The van der Waals surface area contributed by atoms with Gasteiger partial charge in [-0.05, 0) is 48.2 Å². The Morgan fingerprint density at radius 3 is 2.35 bits per heavy atom. The molecule has 0 saturated carbocycles. The maximum Gasteiger partial charge on any atom is 0.124 e. The molecule has 0 saturated heterocycles. The fourth-order valence-corrected chi connectivity index (χ4v) is 2.59. The molecule has 0 spiro atoms. The zero-order chi connectivity index (χ0) is 16.8. The van der Waals surface area contributed by atoms with E-state index in [9.17, 15) is 0 Å². The van der Waals surface area contributed by atoms with E-state index in [1.807, 2.05) is 12.1 Å². The van der Waals surface area contributed by atoms with Crippen molar-refractivity contribution in [2.24, 2.45) is 5.73 Å². The highest BCUT2D eigenvalue weighted by Gasteiger charge is 2.08. The van der Waals surface area contributed by atoms with Gasteiger partial charge in [-0.15, -0.1) is 0 Å². The summed E-state index contributed by atoms with van der Waals surface area (Å²) in [7, 11) is 0. The molecule has 0 radical (unpaired) electrons. The predicted octanol–water partition coefficient (Wildman–Crippen LogP) is 4.69. The van der Waals surface area contributed by atoms with Gasteiger partial charge in [0.2, 0.25) is 0 Å². The lowest BCUT2D eigenvalue weighted by molar-refractivity contribution is 0.214. The zero-order valence-corrected chi connectivity index (χ0v) is 14.7. The fraction of sp³-hybridized carbons (Fsp3) is 0.368. The molecular weight excluding hydrogens is 310 g/mol. The van der Waals surface area contributed by atoms with Crippen molar-refractivity contribution < 1.29 is 9.47 Å². The smallest absolute Gasteiger partial charge is 0.124 e. The van der Waals surface area contributed by atoms with Gasteiger partial charge in [-0.3, -0.25) is 0 Å². The molecule has 0 atom stereocenters. The quantitative estimate of drug-likeness (QED) is 0.748. The van der Waals surface area contributed by atoms with Gasteiger partial charge in [0, 0.05) is 17.1 Å². The first-order valence-electron chi connectivity index (χ1n) is 7.86. The summed E-state index contributed by atoms with van der Waals surface area (Å²) in [5.74, 6) is 2.11. The molecule has 0 aliphatic heterocycles. The minimum atomic E-state index is 0.395. The summed E-state index contributed by atoms with van der Waals surface area (Å²) in [6.45, 7) is 7.72. The lowest BCUT2D eigenvalue weighted by Gasteiger charge is -2.16. The van der Waals surface area contributed by atoms with Gasteiger partial charge >= 0.3 is 0 Å². The van der Waals surface area contributed by atoms with Gasteiger partial charge < -0.3 is 15.2 Å². The highest BCUT2D eigenvalue weighted by molar-refractivity contribution is 6.30. The highest BCUT2D eigenvalue weighted by Crippen LogP contribution is 2.27. The van der Waals surface area contributed by atoms with Crippen LogP contribution in [0.1, 0.15) is 36.5 Å². The largest absolute Gasteiger partial charge is 0.490 e. The van der Waals surface area contributed by atoms with Crippen LogP contribution < -0.4 is 15.2 Å². The summed E-state index contributed by atoms with van der Waals surface area (Å²) in [4.78, 5) is 0. The lowest BCUT2D eigenvalue weighted by atomic mass is 10.0. The van der Waals surface area contributed by atoms with Crippen LogP contribution in [0.15, 0.2) is 36.4 Å². The Bertz CT molecular complexity index is 656. The first-order valence-corrected chi connectivity index (χ1v) is 8.23. The Morgan fingerprint density at radius 2 is 1.70 bits per heavy atom. The van der Waals surface area contributed by atoms with Gasteiger partial charge in [0.15, 0.2) is 0 Å². The molecule has 0 aliphatic rings. The standard InChI is InChI=1S/C19H24ClNO2/c1-13(2)17-6-4-14(3)10-19(17)23-9-8-22-18-7-5-16(20)11-15(18)12-21/h4-7,10-11,13H,8-9,12,21H2,1-3H3. The molecule has 4 heteroatoms. The Hall–Kier alpha value is -1.71. The molecule has 124 valence electrons. The molecule has 0 heterocycles. The van der Waals surface area contributed by atoms with Crippen molar-refractivity contribution in [3.05, 3.63) is 58.1 Å². The summed E-state index contributed by atoms with van der Waals surface area (Å²) in [6, 6.07) is 11.8. The van der Waals surface area contributed by atoms with Crippen molar-refractivity contribution in [1.29, 1.82) is 0 Å². The monoisotopic (exact) mass is 333 g/mol. The Kier molecular flexibility index (Phi) is 6.31. The van der Waals surface area contributed by atoms with Crippen LogP contribution in [0.25, 0.3) is 0 Å². The van der Waals surface area contributed by atoms with Crippen LogP contribution in [0.5, 0.6) is 11.5 Å². The number of hydrogen-bond donors (Lipinski definition) is 1. The summed E-state index contributed by atoms with van der Waals surface area (Å²) < 4.78 is 11.7. The van der Waals surface area contributed by atoms with Gasteiger partial charge in [0.25, 0.3) is 0 Å². The molecule has 0 fully saturated rings. The molecule has 3 nitrogen and oxygen atoms in total. The molecule has 2 aromatic rings. The van der Waals surface area contributed by atoms with Crippen molar-refractivity contribution in [2.45, 2.75) is 33.2 Å². The number of nitrogens with two attached hydrogens (primary N) is 1. The molecular formula is C19H24ClNO2. The molecule has 2 N–H and O–H groups in total. The second-order valence-corrected chi connectivity index (χ2v) is 6.29. The average molecular weight is 334 g/mol. The van der Waals surface area contributed by atoms with Crippen molar-refractivity contribution in [2.75, 3.05) is 13.2 Å². The van der Waals surface area contributed by atoms with Crippen molar-refractivity contribution in [3.8, 4) is 11.5 Å². The van der Waals surface area contributed by atoms with Crippen LogP contribution in [-0.4, -0.2) is 13.2 Å². The second kappa shape index (κ2) is 8.23. The van der Waals surface area contributed by atoms with Crippen molar-refractivity contribution in [3.63, 3.8) is 0 Å². The van der Waals surface area contributed by atoms with E-state index >= 15 is 0 Å². The molecule has 0 bridgehead atoms. The van der Waals surface area contributed by atoms with Crippen LogP contribution >= 0.6 is 11.6 Å². The average Bonchev–Trinajstić information content (AvgIpc) is 2.52. The van der Waals surface area contributed by atoms with E-state index in [1.165, 1.54) is 11.1 Å². The van der Waals surface area contributed by atoms with Crippen LogP contribution in [0, 0.1) is 6.92 Å². The van der Waals surface area contributed by atoms with Crippen molar-refractivity contribution >= 4 is 11.6 Å². The Labute approximate surface area is 143 Å².